The van der Waals surface area contributed by atoms with Crippen LogP contribution in [0.1, 0.15) is 43.0 Å². The summed E-state index contributed by atoms with van der Waals surface area (Å²) >= 11 is 1.93. The summed E-state index contributed by atoms with van der Waals surface area (Å²) in [4.78, 5) is 17.2. The van der Waals surface area contributed by atoms with Crippen molar-refractivity contribution in [1.29, 1.82) is 0 Å². The summed E-state index contributed by atoms with van der Waals surface area (Å²) in [7, 11) is 0. The van der Waals surface area contributed by atoms with Crippen molar-refractivity contribution in [3.8, 4) is 0 Å². The van der Waals surface area contributed by atoms with Crippen LogP contribution in [0.15, 0.2) is 0 Å². The van der Waals surface area contributed by atoms with Crippen LogP contribution in [0.4, 0.5) is 5.82 Å². The summed E-state index contributed by atoms with van der Waals surface area (Å²) in [5.41, 5.74) is 1.56. The molecule has 0 aromatic carbocycles. The number of aryl methyl sites for hydroxylation is 2. The van der Waals surface area contributed by atoms with Gasteiger partial charge in [0.1, 0.15) is 30.3 Å². The second kappa shape index (κ2) is 7.30. The van der Waals surface area contributed by atoms with Crippen LogP contribution >= 0.6 is 11.3 Å². The average Bonchev–Trinajstić information content (AvgIpc) is 3.22. The molecule has 2 aliphatic heterocycles. The average molecular weight is 388 g/mol. The zero-order valence-electron chi connectivity index (χ0n) is 16.6. The monoisotopic (exact) mass is 387 g/mol. The molecular weight excluding hydrogens is 356 g/mol. The third kappa shape index (κ3) is 3.47. The van der Waals surface area contributed by atoms with E-state index >= 15 is 0 Å². The molecule has 0 saturated carbocycles. The van der Waals surface area contributed by atoms with Gasteiger partial charge in [-0.15, -0.1) is 11.3 Å². The molecule has 4 heterocycles. The van der Waals surface area contributed by atoms with Crippen molar-refractivity contribution in [3.63, 3.8) is 0 Å². The Balaban J connectivity index is 1.55. The first-order valence-corrected chi connectivity index (χ1v) is 11.5. The van der Waals surface area contributed by atoms with E-state index in [1.807, 2.05) is 11.3 Å². The Morgan fingerprint density at radius 3 is 2.67 bits per heavy atom. The lowest BCUT2D eigenvalue weighted by molar-refractivity contribution is -0.922. The van der Waals surface area contributed by atoms with Crippen molar-refractivity contribution >= 4 is 27.4 Å². The summed E-state index contributed by atoms with van der Waals surface area (Å²) in [6.45, 7) is 11.8. The van der Waals surface area contributed by atoms with E-state index in [1.165, 1.54) is 41.7 Å². The van der Waals surface area contributed by atoms with Crippen LogP contribution in [0.2, 0.25) is 0 Å². The molecule has 6 heteroatoms. The summed E-state index contributed by atoms with van der Waals surface area (Å²) in [6.07, 6.45) is 5.06. The van der Waals surface area contributed by atoms with Gasteiger partial charge < -0.3 is 14.5 Å². The molecule has 5 nitrogen and oxygen atoms in total. The Bertz CT molecular complexity index is 819. The fourth-order valence-electron chi connectivity index (χ4n) is 5.22. The number of nitrogens with zero attached hydrogens (tertiary/aromatic N) is 3. The Labute approximate surface area is 165 Å². The summed E-state index contributed by atoms with van der Waals surface area (Å²) in [5.74, 6) is 3.73. The summed E-state index contributed by atoms with van der Waals surface area (Å²) < 4.78 is 5.52. The van der Waals surface area contributed by atoms with Crippen LogP contribution in [0, 0.1) is 11.8 Å². The minimum atomic E-state index is 0.735. The molecule has 0 unspecified atom stereocenters. The van der Waals surface area contributed by atoms with Gasteiger partial charge >= 0.3 is 0 Å². The Morgan fingerprint density at radius 2 is 1.89 bits per heavy atom. The number of nitrogens with one attached hydrogen (secondary N) is 1. The van der Waals surface area contributed by atoms with Crippen LogP contribution in [-0.4, -0.2) is 49.4 Å². The second-order valence-corrected chi connectivity index (χ2v) is 9.97. The molecule has 2 aromatic rings. The molecule has 2 atom stereocenters. The van der Waals surface area contributed by atoms with Gasteiger partial charge in [-0.05, 0) is 43.1 Å². The third-order valence-electron chi connectivity index (χ3n) is 6.37. The quantitative estimate of drug-likeness (QED) is 0.876. The van der Waals surface area contributed by atoms with E-state index in [-0.39, 0.29) is 0 Å². The van der Waals surface area contributed by atoms with Gasteiger partial charge in [0, 0.05) is 18.0 Å². The maximum atomic E-state index is 5.52. The smallest absolute Gasteiger partial charge is 0.187 e. The highest BCUT2D eigenvalue weighted by Gasteiger charge is 2.29. The first kappa shape index (κ1) is 17.8. The van der Waals surface area contributed by atoms with Gasteiger partial charge in [-0.3, -0.25) is 0 Å². The van der Waals surface area contributed by atoms with Crippen molar-refractivity contribution in [2.75, 3.05) is 44.3 Å². The lowest BCUT2D eigenvalue weighted by Crippen LogP contribution is -3.12. The molecule has 5 rings (SSSR count). The zero-order chi connectivity index (χ0) is 18.4. The molecule has 1 aliphatic carbocycles. The number of hydrogen-bond donors (Lipinski definition) is 1. The van der Waals surface area contributed by atoms with Gasteiger partial charge in [0.05, 0.1) is 18.6 Å². The molecule has 1 N–H and O–H groups in total. The summed E-state index contributed by atoms with van der Waals surface area (Å²) in [5, 5.41) is 1.38. The number of ether oxygens (including phenoxy) is 1. The van der Waals surface area contributed by atoms with Gasteiger partial charge in [0.15, 0.2) is 5.82 Å². The predicted octanol–water partition coefficient (Wildman–Crippen LogP) is 2.08. The van der Waals surface area contributed by atoms with Crippen molar-refractivity contribution < 1.29 is 9.64 Å². The number of morpholine rings is 1. The molecule has 3 aliphatic rings. The molecule has 0 radical (unpaired) electrons. The van der Waals surface area contributed by atoms with Gasteiger partial charge in [0.2, 0.25) is 0 Å². The van der Waals surface area contributed by atoms with Gasteiger partial charge in [-0.2, -0.15) is 0 Å². The normalized spacial score (nSPS) is 26.7. The van der Waals surface area contributed by atoms with E-state index in [4.69, 9.17) is 14.7 Å². The number of rotatable bonds is 3. The van der Waals surface area contributed by atoms with Gasteiger partial charge in [-0.25, -0.2) is 9.97 Å². The van der Waals surface area contributed by atoms with E-state index in [0.29, 0.717) is 0 Å². The third-order valence-corrected chi connectivity index (χ3v) is 7.55. The van der Waals surface area contributed by atoms with Crippen molar-refractivity contribution in [1.82, 2.24) is 9.97 Å². The first-order valence-electron chi connectivity index (χ1n) is 10.6. The highest BCUT2D eigenvalue weighted by Crippen LogP contribution is 2.41. The molecule has 146 valence electrons. The first-order chi connectivity index (χ1) is 13.2. The number of hydrogen-bond acceptors (Lipinski definition) is 5. The second-order valence-electron chi connectivity index (χ2n) is 8.89. The number of quaternary nitrogens is 1. The van der Waals surface area contributed by atoms with Crippen molar-refractivity contribution in [3.05, 3.63) is 16.3 Å². The molecule has 27 heavy (non-hydrogen) atoms. The van der Waals surface area contributed by atoms with Crippen LogP contribution in [0.5, 0.6) is 0 Å². The number of piperidine rings is 1. The molecule has 2 saturated heterocycles. The fraction of sp³-hybridized carbons (Fsp3) is 0.714. The highest BCUT2D eigenvalue weighted by atomic mass is 32.1. The SMILES string of the molecule is C[C@H]1C[C@H](C)CN(c2nc(C[NH+]3CCOCC3)nc3sc4c(c23)CCC4)C1. The molecule has 2 fully saturated rings. The van der Waals surface area contributed by atoms with E-state index in [1.54, 1.807) is 15.3 Å². The van der Waals surface area contributed by atoms with E-state index in [9.17, 15) is 0 Å². The van der Waals surface area contributed by atoms with E-state index in [0.717, 1.165) is 63.6 Å². The molecule has 0 bridgehead atoms. The zero-order valence-corrected chi connectivity index (χ0v) is 17.4. The number of thiophene rings is 1. The lowest BCUT2D eigenvalue weighted by atomic mass is 9.91. The van der Waals surface area contributed by atoms with Crippen molar-refractivity contribution in [2.45, 2.75) is 46.1 Å². The topological polar surface area (TPSA) is 42.7 Å². The summed E-state index contributed by atoms with van der Waals surface area (Å²) in [6, 6.07) is 0. The minimum Gasteiger partial charge on any atom is -0.370 e. The number of aromatic nitrogens is 2. The maximum absolute atomic E-state index is 5.52. The predicted molar refractivity (Wildman–Crippen MR) is 110 cm³/mol. The fourth-order valence-corrected chi connectivity index (χ4v) is 6.50. The van der Waals surface area contributed by atoms with Crippen LogP contribution in [0.25, 0.3) is 10.2 Å². The van der Waals surface area contributed by atoms with Crippen LogP contribution in [0.3, 0.4) is 0 Å². The molecule has 0 amide bonds. The van der Waals surface area contributed by atoms with Crippen molar-refractivity contribution in [2.24, 2.45) is 11.8 Å². The standard InChI is InChI=1S/C21H30N4OS/c1-14-10-15(2)12-25(11-14)20-19-16-4-3-5-17(16)27-21(19)23-18(22-20)13-24-6-8-26-9-7-24/h14-15H,3-13H2,1-2H3/p+1/t14-,15-/m0/s1. The highest BCUT2D eigenvalue weighted by molar-refractivity contribution is 7.19. The van der Waals surface area contributed by atoms with Crippen LogP contribution < -0.4 is 9.80 Å². The molecule has 2 aromatic heterocycles. The number of anilines is 1. The number of fused-ring (bicyclic) bond motifs is 3. The van der Waals surface area contributed by atoms with E-state index in [2.05, 4.69) is 18.7 Å². The Morgan fingerprint density at radius 1 is 1.11 bits per heavy atom. The molecular formula is C21H31N4OS+. The van der Waals surface area contributed by atoms with E-state index < -0.39 is 0 Å². The maximum Gasteiger partial charge on any atom is 0.187 e. The van der Waals surface area contributed by atoms with Gasteiger partial charge in [0.25, 0.3) is 0 Å². The van der Waals surface area contributed by atoms with Crippen LogP contribution in [-0.2, 0) is 24.1 Å². The molecule has 0 spiro atoms. The Kier molecular flexibility index (Phi) is 4.82. The Hall–Kier alpha value is -1.24. The largest absolute Gasteiger partial charge is 0.370 e. The minimum absolute atomic E-state index is 0.735. The lowest BCUT2D eigenvalue weighted by Gasteiger charge is -2.36. The van der Waals surface area contributed by atoms with Gasteiger partial charge in [-0.1, -0.05) is 13.8 Å².